The van der Waals surface area contributed by atoms with Crippen LogP contribution in [0.25, 0.3) is 5.57 Å². The Labute approximate surface area is 130 Å². The maximum absolute atomic E-state index is 8.95. The fraction of sp³-hybridized carbons (Fsp3) is 0.550. The van der Waals surface area contributed by atoms with E-state index in [1.807, 2.05) is 0 Å². The lowest BCUT2D eigenvalue weighted by molar-refractivity contribution is 0.667. The third-order valence-electron chi connectivity index (χ3n) is 3.93. The van der Waals surface area contributed by atoms with Crippen molar-refractivity contribution in [2.24, 2.45) is 0 Å². The van der Waals surface area contributed by atoms with Crippen LogP contribution in [0.1, 0.15) is 76.3 Å². The van der Waals surface area contributed by atoms with Crippen molar-refractivity contribution in [1.29, 1.82) is 5.26 Å². The van der Waals surface area contributed by atoms with Crippen LogP contribution >= 0.6 is 0 Å². The first-order valence-electron chi connectivity index (χ1n) is 8.49. The molecule has 1 nitrogen and oxygen atoms in total. The van der Waals surface area contributed by atoms with Crippen molar-refractivity contribution >= 4 is 5.57 Å². The number of hydrogen-bond donors (Lipinski definition) is 0. The monoisotopic (exact) mass is 283 g/mol. The van der Waals surface area contributed by atoms with Crippen LogP contribution in [-0.2, 0) is 6.42 Å². The Bertz CT molecular complexity index is 448. The van der Waals surface area contributed by atoms with Crippen LogP contribution in [0, 0.1) is 11.3 Å². The molecule has 0 saturated heterocycles. The maximum Gasteiger partial charge on any atom is 0.0915 e. The molecule has 1 aromatic carbocycles. The van der Waals surface area contributed by atoms with Gasteiger partial charge in [0.15, 0.2) is 0 Å². The molecule has 1 aromatic rings. The molecule has 0 fully saturated rings. The molecule has 0 saturated carbocycles. The van der Waals surface area contributed by atoms with Crippen molar-refractivity contribution in [3.63, 3.8) is 0 Å². The van der Waals surface area contributed by atoms with Gasteiger partial charge in [-0.15, -0.1) is 0 Å². The summed E-state index contributed by atoms with van der Waals surface area (Å²) in [5, 5.41) is 8.95. The number of rotatable bonds is 10. The van der Waals surface area contributed by atoms with Gasteiger partial charge in [-0.1, -0.05) is 70.2 Å². The summed E-state index contributed by atoms with van der Waals surface area (Å²) < 4.78 is 0. The number of allylic oxidation sites excluding steroid dienone is 2. The van der Waals surface area contributed by atoms with E-state index in [1.54, 1.807) is 6.08 Å². The lowest BCUT2D eigenvalue weighted by Crippen LogP contribution is -1.89. The Balaban J connectivity index is 2.57. The Morgan fingerprint density at radius 2 is 1.62 bits per heavy atom. The normalized spacial score (nSPS) is 11.4. The van der Waals surface area contributed by atoms with E-state index in [-0.39, 0.29) is 0 Å². The van der Waals surface area contributed by atoms with E-state index in [4.69, 9.17) is 5.26 Å². The number of nitriles is 1. The lowest BCUT2D eigenvalue weighted by Gasteiger charge is -2.08. The summed E-state index contributed by atoms with van der Waals surface area (Å²) in [7, 11) is 0. The van der Waals surface area contributed by atoms with Gasteiger partial charge in [0.2, 0.25) is 0 Å². The Morgan fingerprint density at radius 1 is 0.952 bits per heavy atom. The fourth-order valence-electron chi connectivity index (χ4n) is 2.58. The predicted octanol–water partition coefficient (Wildman–Crippen LogP) is 6.30. The molecule has 0 atom stereocenters. The smallest absolute Gasteiger partial charge is 0.0915 e. The van der Waals surface area contributed by atoms with Crippen LogP contribution in [0.2, 0.25) is 0 Å². The minimum absolute atomic E-state index is 1.01. The summed E-state index contributed by atoms with van der Waals surface area (Å²) in [5.74, 6) is 0. The maximum atomic E-state index is 8.95. The minimum Gasteiger partial charge on any atom is -0.193 e. The summed E-state index contributed by atoms with van der Waals surface area (Å²) in [4.78, 5) is 0. The van der Waals surface area contributed by atoms with Crippen molar-refractivity contribution in [3.05, 3.63) is 41.5 Å². The number of unbranched alkanes of at least 4 members (excludes halogenated alkanes) is 5. The van der Waals surface area contributed by atoms with E-state index in [9.17, 15) is 0 Å². The van der Waals surface area contributed by atoms with Gasteiger partial charge in [-0.25, -0.2) is 0 Å². The van der Waals surface area contributed by atoms with Gasteiger partial charge in [-0.05, 0) is 42.4 Å². The van der Waals surface area contributed by atoms with E-state index >= 15 is 0 Å². The van der Waals surface area contributed by atoms with Gasteiger partial charge in [0.1, 0.15) is 0 Å². The topological polar surface area (TPSA) is 23.8 Å². The van der Waals surface area contributed by atoms with Crippen molar-refractivity contribution in [2.45, 2.75) is 71.6 Å². The van der Waals surface area contributed by atoms with Gasteiger partial charge in [0.25, 0.3) is 0 Å². The van der Waals surface area contributed by atoms with E-state index in [0.29, 0.717) is 0 Å². The fourth-order valence-corrected chi connectivity index (χ4v) is 2.58. The molecular weight excluding hydrogens is 254 g/mol. The van der Waals surface area contributed by atoms with Crippen LogP contribution in [0.4, 0.5) is 0 Å². The Kier molecular flexibility index (Phi) is 9.29. The third-order valence-corrected chi connectivity index (χ3v) is 3.93. The quantitative estimate of drug-likeness (QED) is 0.365. The second-order valence-corrected chi connectivity index (χ2v) is 5.76. The Morgan fingerprint density at radius 3 is 2.24 bits per heavy atom. The predicted molar refractivity (Wildman–Crippen MR) is 92.0 cm³/mol. The molecule has 21 heavy (non-hydrogen) atoms. The van der Waals surface area contributed by atoms with Crippen LogP contribution in [0.5, 0.6) is 0 Å². The Hall–Kier alpha value is -1.55. The van der Waals surface area contributed by atoms with Gasteiger partial charge >= 0.3 is 0 Å². The van der Waals surface area contributed by atoms with Crippen molar-refractivity contribution in [1.82, 2.24) is 0 Å². The molecule has 0 aliphatic heterocycles. The highest BCUT2D eigenvalue weighted by Gasteiger charge is 2.02. The van der Waals surface area contributed by atoms with Gasteiger partial charge in [-0.2, -0.15) is 5.26 Å². The van der Waals surface area contributed by atoms with Gasteiger partial charge in [0, 0.05) is 6.08 Å². The zero-order chi connectivity index (χ0) is 15.3. The zero-order valence-electron chi connectivity index (χ0n) is 13.7. The summed E-state index contributed by atoms with van der Waals surface area (Å²) in [5.41, 5.74) is 3.81. The zero-order valence-corrected chi connectivity index (χ0v) is 13.7. The standard InChI is InChI=1S/C20H29N/c1-3-5-7-9-10-18-12-14-20(15-13-18)19(16-17-21)11-8-6-4-2/h12-16H,3-11H2,1-2H3/b19-16-. The first-order chi connectivity index (χ1) is 10.3. The highest BCUT2D eigenvalue weighted by atomic mass is 14.2. The number of nitrogens with zero attached hydrogens (tertiary/aromatic N) is 1. The average Bonchev–Trinajstić information content (AvgIpc) is 2.52. The molecule has 114 valence electrons. The highest BCUT2D eigenvalue weighted by Crippen LogP contribution is 2.22. The summed E-state index contributed by atoms with van der Waals surface area (Å²) in [6.07, 6.45) is 12.8. The molecule has 0 amide bonds. The molecular formula is C20H29N. The second kappa shape index (κ2) is 11.1. The molecule has 0 bridgehead atoms. The van der Waals surface area contributed by atoms with Crippen molar-refractivity contribution in [3.8, 4) is 6.07 Å². The van der Waals surface area contributed by atoms with Gasteiger partial charge in [0.05, 0.1) is 6.07 Å². The molecule has 1 heteroatoms. The summed E-state index contributed by atoms with van der Waals surface area (Å²) in [6.45, 7) is 4.46. The minimum atomic E-state index is 1.01. The summed E-state index contributed by atoms with van der Waals surface area (Å²) in [6, 6.07) is 11.0. The molecule has 0 aliphatic rings. The van der Waals surface area contributed by atoms with Crippen molar-refractivity contribution < 1.29 is 0 Å². The number of aryl methyl sites for hydroxylation is 1. The molecule has 0 aromatic heterocycles. The second-order valence-electron chi connectivity index (χ2n) is 5.76. The van der Waals surface area contributed by atoms with E-state index in [0.717, 1.165) is 6.42 Å². The first kappa shape index (κ1) is 17.5. The SMILES string of the molecule is CCCCCCc1ccc(/C(=C\C#N)CCCCC)cc1. The van der Waals surface area contributed by atoms with E-state index < -0.39 is 0 Å². The van der Waals surface area contributed by atoms with Crippen molar-refractivity contribution in [2.75, 3.05) is 0 Å². The van der Waals surface area contributed by atoms with Crippen LogP contribution in [0.15, 0.2) is 30.3 Å². The van der Waals surface area contributed by atoms with Gasteiger partial charge < -0.3 is 0 Å². The van der Waals surface area contributed by atoms with Crippen LogP contribution in [0.3, 0.4) is 0 Å². The molecule has 1 rings (SSSR count). The number of benzene rings is 1. The van der Waals surface area contributed by atoms with Crippen LogP contribution < -0.4 is 0 Å². The molecule has 0 aliphatic carbocycles. The summed E-state index contributed by atoms with van der Waals surface area (Å²) >= 11 is 0. The van der Waals surface area contributed by atoms with E-state index in [2.05, 4.69) is 44.2 Å². The molecule has 0 heterocycles. The third kappa shape index (κ3) is 7.14. The first-order valence-corrected chi connectivity index (χ1v) is 8.49. The molecule has 0 unspecified atom stereocenters. The average molecular weight is 283 g/mol. The molecule has 0 radical (unpaired) electrons. The van der Waals surface area contributed by atoms with Gasteiger partial charge in [-0.3, -0.25) is 0 Å². The molecule has 0 spiro atoms. The van der Waals surface area contributed by atoms with E-state index in [1.165, 1.54) is 68.1 Å². The highest BCUT2D eigenvalue weighted by molar-refractivity contribution is 5.67. The molecule has 0 N–H and O–H groups in total. The largest absolute Gasteiger partial charge is 0.193 e. The van der Waals surface area contributed by atoms with Crippen LogP contribution in [-0.4, -0.2) is 0 Å². The number of hydrogen-bond acceptors (Lipinski definition) is 1. The lowest BCUT2D eigenvalue weighted by atomic mass is 9.97.